The Morgan fingerprint density at radius 1 is 1.13 bits per heavy atom. The van der Waals surface area contributed by atoms with Crippen molar-refractivity contribution >= 4 is 5.91 Å². The first-order valence-corrected chi connectivity index (χ1v) is 7.05. The number of carbonyl (C=O) groups is 1. The summed E-state index contributed by atoms with van der Waals surface area (Å²) >= 11 is 0. The summed E-state index contributed by atoms with van der Waals surface area (Å²) in [6, 6.07) is 20.2. The second-order valence-corrected chi connectivity index (χ2v) is 4.93. The quantitative estimate of drug-likeness (QED) is 0.803. The normalized spacial score (nSPS) is 10.0. The Morgan fingerprint density at radius 3 is 2.57 bits per heavy atom. The Hall–Kier alpha value is -3.39. The average Bonchev–Trinajstić information content (AvgIpc) is 3.11. The predicted octanol–water partition coefficient (Wildman–Crippen LogP) is 3.14. The van der Waals surface area contributed by atoms with Gasteiger partial charge in [-0.25, -0.2) is 0 Å². The molecule has 0 spiro atoms. The number of hydrogen-bond acceptors (Lipinski definition) is 4. The molecule has 0 atom stereocenters. The van der Waals surface area contributed by atoms with E-state index in [0.717, 1.165) is 11.1 Å². The number of nitrogens with zero attached hydrogens (tertiary/aromatic N) is 2. The SMILES string of the molecule is N#Cc1ccc(CNC(=O)c2cc(-c3ccccc3)on2)cc1. The van der Waals surface area contributed by atoms with E-state index in [1.165, 1.54) is 0 Å². The van der Waals surface area contributed by atoms with Crippen LogP contribution >= 0.6 is 0 Å². The highest BCUT2D eigenvalue weighted by molar-refractivity contribution is 5.93. The number of nitriles is 1. The van der Waals surface area contributed by atoms with Crippen LogP contribution < -0.4 is 5.32 Å². The highest BCUT2D eigenvalue weighted by Gasteiger charge is 2.13. The lowest BCUT2D eigenvalue weighted by Gasteiger charge is -2.02. The van der Waals surface area contributed by atoms with Gasteiger partial charge in [-0.3, -0.25) is 4.79 Å². The fourth-order valence-corrected chi connectivity index (χ4v) is 2.09. The van der Waals surface area contributed by atoms with Crippen molar-refractivity contribution in [2.24, 2.45) is 0 Å². The minimum atomic E-state index is -0.305. The van der Waals surface area contributed by atoms with Crippen LogP contribution in [-0.2, 0) is 6.54 Å². The second kappa shape index (κ2) is 6.58. The first-order chi connectivity index (χ1) is 11.3. The maximum absolute atomic E-state index is 12.1. The molecule has 2 aromatic carbocycles. The van der Waals surface area contributed by atoms with Crippen LogP contribution in [0.2, 0.25) is 0 Å². The zero-order valence-corrected chi connectivity index (χ0v) is 12.2. The van der Waals surface area contributed by atoms with E-state index in [0.29, 0.717) is 17.9 Å². The highest BCUT2D eigenvalue weighted by atomic mass is 16.5. The number of aromatic nitrogens is 1. The summed E-state index contributed by atoms with van der Waals surface area (Å²) in [6.45, 7) is 0.359. The van der Waals surface area contributed by atoms with E-state index in [9.17, 15) is 4.79 Å². The van der Waals surface area contributed by atoms with Gasteiger partial charge in [0.05, 0.1) is 11.6 Å². The minimum Gasteiger partial charge on any atom is -0.355 e. The smallest absolute Gasteiger partial charge is 0.273 e. The third-order valence-electron chi connectivity index (χ3n) is 3.34. The number of amides is 1. The molecule has 1 heterocycles. The predicted molar refractivity (Wildman–Crippen MR) is 84.3 cm³/mol. The number of rotatable bonds is 4. The van der Waals surface area contributed by atoms with Gasteiger partial charge in [0, 0.05) is 18.2 Å². The molecule has 0 unspecified atom stereocenters. The molecule has 23 heavy (non-hydrogen) atoms. The van der Waals surface area contributed by atoms with Gasteiger partial charge in [0.25, 0.3) is 5.91 Å². The third kappa shape index (κ3) is 3.44. The van der Waals surface area contributed by atoms with Gasteiger partial charge in [0.1, 0.15) is 0 Å². The zero-order valence-electron chi connectivity index (χ0n) is 12.2. The molecule has 3 rings (SSSR count). The Labute approximate surface area is 133 Å². The molecule has 0 aliphatic heterocycles. The number of benzene rings is 2. The summed E-state index contributed by atoms with van der Waals surface area (Å²) in [6.07, 6.45) is 0. The van der Waals surface area contributed by atoms with Crippen molar-refractivity contribution in [3.63, 3.8) is 0 Å². The summed E-state index contributed by atoms with van der Waals surface area (Å²) in [5.74, 6) is 0.245. The van der Waals surface area contributed by atoms with Gasteiger partial charge in [0.2, 0.25) is 0 Å². The maximum atomic E-state index is 12.1. The van der Waals surface area contributed by atoms with E-state index in [-0.39, 0.29) is 11.6 Å². The Kier molecular flexibility index (Phi) is 4.16. The van der Waals surface area contributed by atoms with Gasteiger partial charge in [-0.05, 0) is 17.7 Å². The zero-order chi connectivity index (χ0) is 16.1. The van der Waals surface area contributed by atoms with E-state index >= 15 is 0 Å². The standard InChI is InChI=1S/C18H13N3O2/c19-11-13-6-8-14(9-7-13)12-20-18(22)16-10-17(23-21-16)15-4-2-1-3-5-15/h1-10H,12H2,(H,20,22). The molecule has 0 aliphatic rings. The molecule has 0 aliphatic carbocycles. The Bertz CT molecular complexity index is 846. The molecule has 1 aromatic heterocycles. The molecule has 5 heteroatoms. The van der Waals surface area contributed by atoms with Crippen LogP contribution in [0.25, 0.3) is 11.3 Å². The number of hydrogen-bond donors (Lipinski definition) is 1. The van der Waals surface area contributed by atoms with Crippen molar-refractivity contribution in [1.29, 1.82) is 5.26 Å². The van der Waals surface area contributed by atoms with Crippen LogP contribution in [0.15, 0.2) is 65.2 Å². The summed E-state index contributed by atoms with van der Waals surface area (Å²) in [4.78, 5) is 12.1. The Balaban J connectivity index is 1.64. The van der Waals surface area contributed by atoms with Crippen molar-refractivity contribution in [1.82, 2.24) is 10.5 Å². The van der Waals surface area contributed by atoms with Gasteiger partial charge >= 0.3 is 0 Å². The van der Waals surface area contributed by atoms with Crippen LogP contribution in [0.3, 0.4) is 0 Å². The van der Waals surface area contributed by atoms with E-state index in [1.807, 2.05) is 30.3 Å². The van der Waals surface area contributed by atoms with Crippen LogP contribution in [0, 0.1) is 11.3 Å². The molecule has 0 saturated carbocycles. The van der Waals surface area contributed by atoms with Crippen LogP contribution in [0.1, 0.15) is 21.6 Å². The fraction of sp³-hybridized carbons (Fsp3) is 0.0556. The third-order valence-corrected chi connectivity index (χ3v) is 3.34. The van der Waals surface area contributed by atoms with E-state index in [2.05, 4.69) is 16.5 Å². The van der Waals surface area contributed by atoms with Gasteiger partial charge < -0.3 is 9.84 Å². The summed E-state index contributed by atoms with van der Waals surface area (Å²) in [5, 5.41) is 15.3. The minimum absolute atomic E-state index is 0.234. The molecule has 5 nitrogen and oxygen atoms in total. The van der Waals surface area contributed by atoms with Gasteiger partial charge in [-0.2, -0.15) is 5.26 Å². The maximum Gasteiger partial charge on any atom is 0.273 e. The van der Waals surface area contributed by atoms with Crippen molar-refractivity contribution in [3.05, 3.63) is 77.5 Å². The van der Waals surface area contributed by atoms with Crippen LogP contribution in [0.5, 0.6) is 0 Å². The Morgan fingerprint density at radius 2 is 1.87 bits per heavy atom. The lowest BCUT2D eigenvalue weighted by Crippen LogP contribution is -2.22. The molecule has 0 saturated heterocycles. The lowest BCUT2D eigenvalue weighted by molar-refractivity contribution is 0.0942. The molecule has 0 bridgehead atoms. The lowest BCUT2D eigenvalue weighted by atomic mass is 10.1. The average molecular weight is 303 g/mol. The van der Waals surface area contributed by atoms with Gasteiger partial charge in [0.15, 0.2) is 11.5 Å². The second-order valence-electron chi connectivity index (χ2n) is 4.93. The summed E-state index contributed by atoms with van der Waals surface area (Å²) < 4.78 is 5.21. The number of carbonyl (C=O) groups excluding carboxylic acids is 1. The highest BCUT2D eigenvalue weighted by Crippen LogP contribution is 2.19. The van der Waals surface area contributed by atoms with Crippen molar-refractivity contribution in [2.45, 2.75) is 6.54 Å². The topological polar surface area (TPSA) is 78.9 Å². The molecule has 1 N–H and O–H groups in total. The van der Waals surface area contributed by atoms with Gasteiger partial charge in [-0.1, -0.05) is 47.6 Å². The van der Waals surface area contributed by atoms with Gasteiger partial charge in [-0.15, -0.1) is 0 Å². The van der Waals surface area contributed by atoms with Crippen LogP contribution in [-0.4, -0.2) is 11.1 Å². The van der Waals surface area contributed by atoms with Crippen molar-refractivity contribution in [3.8, 4) is 17.4 Å². The largest absolute Gasteiger partial charge is 0.355 e. The van der Waals surface area contributed by atoms with E-state index in [1.54, 1.807) is 30.3 Å². The van der Waals surface area contributed by atoms with E-state index < -0.39 is 0 Å². The first kappa shape index (κ1) is 14.5. The molecule has 112 valence electrons. The summed E-state index contributed by atoms with van der Waals surface area (Å²) in [5.41, 5.74) is 2.59. The molecule has 0 fully saturated rings. The van der Waals surface area contributed by atoms with Crippen LogP contribution in [0.4, 0.5) is 0 Å². The molecular weight excluding hydrogens is 290 g/mol. The molecular formula is C18H13N3O2. The van der Waals surface area contributed by atoms with E-state index in [4.69, 9.17) is 9.78 Å². The van der Waals surface area contributed by atoms with Crippen molar-refractivity contribution < 1.29 is 9.32 Å². The molecule has 0 radical (unpaired) electrons. The van der Waals surface area contributed by atoms with Crippen molar-refractivity contribution in [2.75, 3.05) is 0 Å². The molecule has 1 amide bonds. The number of nitrogens with one attached hydrogen (secondary N) is 1. The fourth-order valence-electron chi connectivity index (χ4n) is 2.09. The summed E-state index contributed by atoms with van der Waals surface area (Å²) in [7, 11) is 0. The first-order valence-electron chi connectivity index (χ1n) is 7.05. The monoisotopic (exact) mass is 303 g/mol. The molecule has 3 aromatic rings.